The number of nitrogens with zero attached hydrogens (tertiary/aromatic N) is 1. The van der Waals surface area contributed by atoms with E-state index in [4.69, 9.17) is 5.73 Å². The lowest BCUT2D eigenvalue weighted by Crippen LogP contribution is -2.03. The Morgan fingerprint density at radius 3 is 2.92 bits per heavy atom. The minimum absolute atomic E-state index is 0.159. The molecule has 0 radical (unpaired) electrons. The van der Waals surface area contributed by atoms with Gasteiger partial charge in [-0.15, -0.1) is 0 Å². The molecule has 0 saturated heterocycles. The maximum Gasteiger partial charge on any atom is 0.178 e. The molecule has 64 valence electrons. The second-order valence-corrected chi connectivity index (χ2v) is 2.47. The summed E-state index contributed by atoms with van der Waals surface area (Å²) < 4.78 is 12.3. The molecule has 0 aliphatic rings. The molecule has 1 heterocycles. The number of nitrogens with two attached hydrogens (primary N) is 1. The molecule has 0 aliphatic carbocycles. The summed E-state index contributed by atoms with van der Waals surface area (Å²) in [6, 6.07) is 1.42. The van der Waals surface area contributed by atoms with Crippen LogP contribution >= 0.6 is 0 Å². The van der Waals surface area contributed by atoms with E-state index in [9.17, 15) is 9.18 Å². The lowest BCUT2D eigenvalue weighted by atomic mass is 10.1. The van der Waals surface area contributed by atoms with Gasteiger partial charge in [-0.05, 0) is 6.07 Å². The largest absolute Gasteiger partial charge is 0.397 e. The number of alkyl halides is 1. The van der Waals surface area contributed by atoms with Crippen LogP contribution in [0.5, 0.6) is 0 Å². The Balaban J connectivity index is 3.20. The van der Waals surface area contributed by atoms with E-state index in [1.165, 1.54) is 19.2 Å². The molecule has 0 bridgehead atoms. The van der Waals surface area contributed by atoms with Crippen LogP contribution in [0.4, 0.5) is 10.1 Å². The Kier molecular flexibility index (Phi) is 2.38. The predicted molar refractivity (Wildman–Crippen MR) is 43.5 cm³/mol. The van der Waals surface area contributed by atoms with Gasteiger partial charge in [0.2, 0.25) is 0 Å². The molecule has 1 rings (SSSR count). The number of nitrogen functional groups attached to an aromatic ring is 1. The predicted octanol–water partition coefficient (Wildman–Crippen LogP) is 1.34. The summed E-state index contributed by atoms with van der Waals surface area (Å²) in [6.45, 7) is 0.630. The Hall–Kier alpha value is -1.45. The van der Waals surface area contributed by atoms with Crippen molar-refractivity contribution < 1.29 is 9.18 Å². The normalized spacial score (nSPS) is 9.83. The van der Waals surface area contributed by atoms with Gasteiger partial charge in [0, 0.05) is 12.5 Å². The zero-order valence-electron chi connectivity index (χ0n) is 6.67. The molecule has 0 aliphatic heterocycles. The van der Waals surface area contributed by atoms with Gasteiger partial charge < -0.3 is 5.73 Å². The molecular weight excluding hydrogens is 159 g/mol. The van der Waals surface area contributed by atoms with Gasteiger partial charge in [-0.2, -0.15) is 0 Å². The van der Waals surface area contributed by atoms with Crippen LogP contribution < -0.4 is 5.73 Å². The van der Waals surface area contributed by atoms with Crippen molar-refractivity contribution in [1.29, 1.82) is 0 Å². The molecule has 12 heavy (non-hydrogen) atoms. The number of aromatic nitrogens is 1. The van der Waals surface area contributed by atoms with Crippen LogP contribution in [-0.4, -0.2) is 10.8 Å². The fraction of sp³-hybridized carbons (Fsp3) is 0.250. The summed E-state index contributed by atoms with van der Waals surface area (Å²) in [4.78, 5) is 14.6. The van der Waals surface area contributed by atoms with E-state index in [1.54, 1.807) is 0 Å². The highest BCUT2D eigenvalue weighted by Crippen LogP contribution is 2.11. The molecule has 1 aromatic rings. The lowest BCUT2D eigenvalue weighted by molar-refractivity contribution is 0.101. The lowest BCUT2D eigenvalue weighted by Gasteiger charge is -2.01. The summed E-state index contributed by atoms with van der Waals surface area (Å²) in [7, 11) is 0. The van der Waals surface area contributed by atoms with Crippen LogP contribution in [0, 0.1) is 0 Å². The van der Waals surface area contributed by atoms with Crippen LogP contribution in [-0.2, 0) is 6.67 Å². The van der Waals surface area contributed by atoms with E-state index in [0.717, 1.165) is 0 Å². The fourth-order valence-corrected chi connectivity index (χ4v) is 0.948. The van der Waals surface area contributed by atoms with Crippen molar-refractivity contribution in [2.24, 2.45) is 0 Å². The first kappa shape index (κ1) is 8.64. The zero-order valence-corrected chi connectivity index (χ0v) is 6.67. The van der Waals surface area contributed by atoms with Crippen LogP contribution in [0.1, 0.15) is 23.0 Å². The van der Waals surface area contributed by atoms with Gasteiger partial charge in [0.05, 0.1) is 11.9 Å². The average molecular weight is 168 g/mol. The third-order valence-corrected chi connectivity index (χ3v) is 1.47. The van der Waals surface area contributed by atoms with Gasteiger partial charge in [-0.1, -0.05) is 0 Å². The van der Waals surface area contributed by atoms with Gasteiger partial charge in [0.1, 0.15) is 12.4 Å². The van der Waals surface area contributed by atoms with Crippen molar-refractivity contribution >= 4 is 11.5 Å². The molecule has 3 nitrogen and oxygen atoms in total. The molecule has 0 aromatic carbocycles. The first-order chi connectivity index (χ1) is 5.65. The second kappa shape index (κ2) is 3.30. The second-order valence-electron chi connectivity index (χ2n) is 2.47. The average Bonchev–Trinajstić information content (AvgIpc) is 2.03. The van der Waals surface area contributed by atoms with E-state index in [0.29, 0.717) is 5.69 Å². The Morgan fingerprint density at radius 2 is 2.42 bits per heavy atom. The standard InChI is InChI=1S/C8H9FN2O/c1-5(12)8-6(3-9)2-7(10)4-11-8/h2,4H,3,10H2,1H3. The Labute approximate surface area is 69.4 Å². The zero-order chi connectivity index (χ0) is 9.14. The third-order valence-electron chi connectivity index (χ3n) is 1.47. The maximum atomic E-state index is 12.3. The van der Waals surface area contributed by atoms with Gasteiger partial charge >= 0.3 is 0 Å². The van der Waals surface area contributed by atoms with Crippen LogP contribution in [0.3, 0.4) is 0 Å². The van der Waals surface area contributed by atoms with Crippen LogP contribution in [0.2, 0.25) is 0 Å². The number of anilines is 1. The molecule has 0 spiro atoms. The molecule has 0 fully saturated rings. The Morgan fingerprint density at radius 1 is 1.75 bits per heavy atom. The van der Waals surface area contributed by atoms with Crippen LogP contribution in [0.15, 0.2) is 12.3 Å². The summed E-state index contributed by atoms with van der Waals surface area (Å²) in [5.74, 6) is -0.248. The Bertz CT molecular complexity index is 312. The molecule has 0 amide bonds. The monoisotopic (exact) mass is 168 g/mol. The molecule has 2 N–H and O–H groups in total. The highest BCUT2D eigenvalue weighted by Gasteiger charge is 2.08. The summed E-state index contributed by atoms with van der Waals surface area (Å²) >= 11 is 0. The number of hydrogen-bond donors (Lipinski definition) is 1. The van der Waals surface area contributed by atoms with E-state index in [1.807, 2.05) is 0 Å². The van der Waals surface area contributed by atoms with Gasteiger partial charge in [0.15, 0.2) is 5.78 Å². The third kappa shape index (κ3) is 1.58. The number of carbonyl (C=O) groups excluding carboxylic acids is 1. The molecule has 1 aromatic heterocycles. The van der Waals surface area contributed by atoms with Crippen molar-refractivity contribution in [3.8, 4) is 0 Å². The summed E-state index contributed by atoms with van der Waals surface area (Å²) in [5.41, 5.74) is 6.14. The highest BCUT2D eigenvalue weighted by molar-refractivity contribution is 5.93. The number of rotatable bonds is 2. The van der Waals surface area contributed by atoms with E-state index < -0.39 is 6.67 Å². The minimum Gasteiger partial charge on any atom is -0.397 e. The quantitative estimate of drug-likeness (QED) is 0.678. The van der Waals surface area contributed by atoms with E-state index >= 15 is 0 Å². The van der Waals surface area contributed by atoms with Crippen molar-refractivity contribution in [1.82, 2.24) is 4.98 Å². The van der Waals surface area contributed by atoms with Gasteiger partial charge in [-0.25, -0.2) is 4.39 Å². The minimum atomic E-state index is -0.715. The molecule has 0 saturated carbocycles. The summed E-state index contributed by atoms with van der Waals surface area (Å²) in [5, 5.41) is 0. The number of carbonyl (C=O) groups is 1. The van der Waals surface area contributed by atoms with E-state index in [-0.39, 0.29) is 17.0 Å². The van der Waals surface area contributed by atoms with Gasteiger partial charge in [-0.3, -0.25) is 9.78 Å². The van der Waals surface area contributed by atoms with Crippen molar-refractivity contribution in [2.45, 2.75) is 13.6 Å². The molecular formula is C8H9FN2O. The maximum absolute atomic E-state index is 12.3. The van der Waals surface area contributed by atoms with Crippen molar-refractivity contribution in [3.05, 3.63) is 23.5 Å². The molecule has 4 heteroatoms. The highest BCUT2D eigenvalue weighted by atomic mass is 19.1. The van der Waals surface area contributed by atoms with E-state index in [2.05, 4.69) is 4.98 Å². The first-order valence-corrected chi connectivity index (χ1v) is 3.46. The number of ketones is 1. The number of hydrogen-bond acceptors (Lipinski definition) is 3. The summed E-state index contributed by atoms with van der Waals surface area (Å²) in [6.07, 6.45) is 1.34. The molecule has 0 unspecified atom stereocenters. The first-order valence-electron chi connectivity index (χ1n) is 3.46. The smallest absolute Gasteiger partial charge is 0.178 e. The number of halogens is 1. The van der Waals surface area contributed by atoms with Crippen molar-refractivity contribution in [2.75, 3.05) is 5.73 Å². The topological polar surface area (TPSA) is 56.0 Å². The van der Waals surface area contributed by atoms with Crippen molar-refractivity contribution in [3.63, 3.8) is 0 Å². The van der Waals surface area contributed by atoms with Crippen LogP contribution in [0.25, 0.3) is 0 Å². The number of pyridine rings is 1. The SMILES string of the molecule is CC(=O)c1ncc(N)cc1CF. The molecule has 0 atom stereocenters. The fourth-order valence-electron chi connectivity index (χ4n) is 0.948. The van der Waals surface area contributed by atoms with Gasteiger partial charge in [0.25, 0.3) is 0 Å². The number of Topliss-reactive ketones (excluding diaryl/α,β-unsaturated/α-hetero) is 1.